The highest BCUT2D eigenvalue weighted by Crippen LogP contribution is 2.71. The molecule has 25 heavy (non-hydrogen) atoms. The summed E-state index contributed by atoms with van der Waals surface area (Å²) in [6.45, 7) is 0. The van der Waals surface area contributed by atoms with Gasteiger partial charge in [0.15, 0.2) is 5.79 Å². The number of hydrogen-bond acceptors (Lipinski definition) is 2. The fraction of sp³-hybridized carbons (Fsp3) is 0.391. The second-order valence-corrected chi connectivity index (χ2v) is 7.93. The van der Waals surface area contributed by atoms with E-state index in [1.54, 1.807) is 0 Å². The van der Waals surface area contributed by atoms with Crippen LogP contribution in [0.5, 0.6) is 0 Å². The van der Waals surface area contributed by atoms with Crippen LogP contribution in [0.2, 0.25) is 0 Å². The van der Waals surface area contributed by atoms with E-state index in [1.807, 2.05) is 14.2 Å². The van der Waals surface area contributed by atoms with Gasteiger partial charge in [0.1, 0.15) is 0 Å². The minimum Gasteiger partial charge on any atom is -0.352 e. The monoisotopic (exact) mass is 330 g/mol. The molecule has 1 saturated carbocycles. The maximum Gasteiger partial charge on any atom is 0.180 e. The van der Waals surface area contributed by atoms with Gasteiger partial charge in [-0.3, -0.25) is 0 Å². The zero-order chi connectivity index (χ0) is 16.8. The van der Waals surface area contributed by atoms with Gasteiger partial charge in [-0.25, -0.2) is 0 Å². The largest absolute Gasteiger partial charge is 0.352 e. The average Bonchev–Trinajstić information content (AvgIpc) is 3.19. The Kier molecular flexibility index (Phi) is 2.65. The van der Waals surface area contributed by atoms with Crippen molar-refractivity contribution >= 4 is 0 Å². The lowest BCUT2D eigenvalue weighted by molar-refractivity contribution is -0.234. The molecule has 4 bridgehead atoms. The third-order valence-electron chi connectivity index (χ3n) is 7.47. The van der Waals surface area contributed by atoms with E-state index >= 15 is 0 Å². The van der Waals surface area contributed by atoms with Crippen LogP contribution in [-0.4, -0.2) is 20.0 Å². The Hall–Kier alpha value is -1.90. The second kappa shape index (κ2) is 4.63. The number of methoxy groups -OCH3 is 2. The Labute approximate surface area is 148 Å². The Morgan fingerprint density at radius 2 is 1.00 bits per heavy atom. The van der Waals surface area contributed by atoms with Crippen molar-refractivity contribution in [2.75, 3.05) is 14.2 Å². The number of ether oxygens (including phenoxy) is 2. The third kappa shape index (κ3) is 1.43. The van der Waals surface area contributed by atoms with Crippen molar-refractivity contribution < 1.29 is 9.47 Å². The Balaban J connectivity index is 1.64. The Bertz CT molecular complexity index is 779. The van der Waals surface area contributed by atoms with Gasteiger partial charge in [-0.15, -0.1) is 0 Å². The summed E-state index contributed by atoms with van der Waals surface area (Å²) in [6, 6.07) is 18.2. The predicted molar refractivity (Wildman–Crippen MR) is 96.4 cm³/mol. The van der Waals surface area contributed by atoms with E-state index in [0.717, 1.165) is 0 Å². The summed E-state index contributed by atoms with van der Waals surface area (Å²) in [5.41, 5.74) is 6.09. The molecule has 1 fully saturated rings. The number of benzene rings is 2. The third-order valence-corrected chi connectivity index (χ3v) is 7.47. The molecule has 0 amide bonds. The first-order chi connectivity index (χ1) is 12.3. The molecule has 0 unspecified atom stereocenters. The quantitative estimate of drug-likeness (QED) is 0.603. The number of rotatable bonds is 2. The molecule has 0 aromatic heterocycles. The lowest BCUT2D eigenvalue weighted by atomic mass is 9.52. The molecular formula is C23H22O2. The van der Waals surface area contributed by atoms with Crippen LogP contribution in [0.1, 0.15) is 34.1 Å². The molecule has 0 aliphatic heterocycles. The average molecular weight is 330 g/mol. The molecule has 5 aliphatic carbocycles. The zero-order valence-corrected chi connectivity index (χ0v) is 14.6. The minimum atomic E-state index is -0.490. The molecule has 2 heteroatoms. The summed E-state index contributed by atoms with van der Waals surface area (Å²) in [5, 5.41) is 0. The van der Waals surface area contributed by atoms with Gasteiger partial charge in [0.2, 0.25) is 0 Å². The molecule has 0 heterocycles. The van der Waals surface area contributed by atoms with Crippen LogP contribution in [0.15, 0.2) is 60.7 Å². The molecule has 0 saturated heterocycles. The normalized spacial score (nSPS) is 37.7. The molecule has 0 N–H and O–H groups in total. The van der Waals surface area contributed by atoms with Gasteiger partial charge in [-0.2, -0.15) is 0 Å². The van der Waals surface area contributed by atoms with Crippen molar-refractivity contribution in [3.63, 3.8) is 0 Å². The van der Waals surface area contributed by atoms with Crippen LogP contribution in [0.25, 0.3) is 0 Å². The zero-order valence-electron chi connectivity index (χ0n) is 14.6. The first-order valence-corrected chi connectivity index (χ1v) is 9.28. The van der Waals surface area contributed by atoms with Crippen molar-refractivity contribution in [2.24, 2.45) is 23.7 Å². The van der Waals surface area contributed by atoms with Gasteiger partial charge in [0.05, 0.1) is 0 Å². The lowest BCUT2D eigenvalue weighted by Gasteiger charge is -2.51. The number of fused-ring (bicyclic) bond motifs is 2. The van der Waals surface area contributed by atoms with Gasteiger partial charge < -0.3 is 9.47 Å². The summed E-state index contributed by atoms with van der Waals surface area (Å²) in [4.78, 5) is 0. The van der Waals surface area contributed by atoms with Crippen molar-refractivity contribution in [1.29, 1.82) is 0 Å². The maximum atomic E-state index is 6.06. The summed E-state index contributed by atoms with van der Waals surface area (Å²) in [7, 11) is 3.63. The highest BCUT2D eigenvalue weighted by molar-refractivity contribution is 5.58. The van der Waals surface area contributed by atoms with Gasteiger partial charge in [-0.05, 0) is 34.1 Å². The van der Waals surface area contributed by atoms with Crippen molar-refractivity contribution in [3.8, 4) is 0 Å². The first kappa shape index (κ1) is 14.3. The van der Waals surface area contributed by atoms with E-state index in [4.69, 9.17) is 9.47 Å². The van der Waals surface area contributed by atoms with Crippen molar-refractivity contribution in [3.05, 3.63) is 82.9 Å². The maximum absolute atomic E-state index is 6.06. The minimum absolute atomic E-state index is 0.326. The van der Waals surface area contributed by atoms with Crippen LogP contribution < -0.4 is 0 Å². The Morgan fingerprint density at radius 3 is 1.32 bits per heavy atom. The molecule has 0 radical (unpaired) electrons. The highest BCUT2D eigenvalue weighted by Gasteiger charge is 2.69. The van der Waals surface area contributed by atoms with Crippen LogP contribution in [-0.2, 0) is 9.47 Å². The van der Waals surface area contributed by atoms with E-state index in [2.05, 4.69) is 60.7 Å². The fourth-order valence-corrected chi connectivity index (χ4v) is 6.81. The molecule has 0 spiro atoms. The van der Waals surface area contributed by atoms with Gasteiger partial charge >= 0.3 is 0 Å². The smallest absolute Gasteiger partial charge is 0.180 e. The van der Waals surface area contributed by atoms with Gasteiger partial charge in [0.25, 0.3) is 0 Å². The molecule has 4 atom stereocenters. The standard InChI is InChI=1S/C23H22O2/c1-24-23(25-2)17-11-12-18(23)22-20-14-8-4-3-7-13(14)19(21(17)22)15-9-5-6-10-16(15)20/h3-12,17-22H,1-2H3/t17-,18-,19?,20?,21+,22+/m0/s1. The lowest BCUT2D eigenvalue weighted by Crippen LogP contribution is -2.41. The molecule has 2 aromatic rings. The number of hydrogen-bond donors (Lipinski definition) is 0. The van der Waals surface area contributed by atoms with Crippen molar-refractivity contribution in [1.82, 2.24) is 0 Å². The topological polar surface area (TPSA) is 18.5 Å². The summed E-state index contributed by atoms with van der Waals surface area (Å²) >= 11 is 0. The highest BCUT2D eigenvalue weighted by atomic mass is 16.7. The second-order valence-electron chi connectivity index (χ2n) is 7.93. The molecule has 2 aromatic carbocycles. The molecule has 5 aliphatic rings. The fourth-order valence-electron chi connectivity index (χ4n) is 6.81. The van der Waals surface area contributed by atoms with Crippen LogP contribution >= 0.6 is 0 Å². The Morgan fingerprint density at radius 1 is 0.640 bits per heavy atom. The van der Waals surface area contributed by atoms with Crippen LogP contribution in [0.3, 0.4) is 0 Å². The van der Waals surface area contributed by atoms with E-state index in [9.17, 15) is 0 Å². The van der Waals surface area contributed by atoms with E-state index < -0.39 is 5.79 Å². The molecule has 2 nitrogen and oxygen atoms in total. The first-order valence-electron chi connectivity index (χ1n) is 9.28. The van der Waals surface area contributed by atoms with E-state index in [0.29, 0.717) is 35.5 Å². The summed E-state index contributed by atoms with van der Waals surface area (Å²) in [5.74, 6) is 2.18. The van der Waals surface area contributed by atoms with E-state index in [-0.39, 0.29) is 0 Å². The SMILES string of the molecule is COC1(OC)[C@H]2C=C[C@H]1[C@@H]1C3c4ccccc4C(c4ccccc43)[C@H]12. The summed E-state index contributed by atoms with van der Waals surface area (Å²) in [6.07, 6.45) is 4.73. The predicted octanol–water partition coefficient (Wildman–Crippen LogP) is 4.31. The van der Waals surface area contributed by atoms with Gasteiger partial charge in [-0.1, -0.05) is 60.7 Å². The summed E-state index contributed by atoms with van der Waals surface area (Å²) < 4.78 is 12.1. The van der Waals surface area contributed by atoms with E-state index in [1.165, 1.54) is 22.3 Å². The molecule has 7 rings (SSSR count). The van der Waals surface area contributed by atoms with Crippen LogP contribution in [0, 0.1) is 23.7 Å². The molecular weight excluding hydrogens is 308 g/mol. The molecule has 126 valence electrons. The van der Waals surface area contributed by atoms with Crippen molar-refractivity contribution in [2.45, 2.75) is 17.6 Å². The van der Waals surface area contributed by atoms with Gasteiger partial charge in [0, 0.05) is 37.9 Å². The van der Waals surface area contributed by atoms with Crippen LogP contribution in [0.4, 0.5) is 0 Å².